The van der Waals surface area contributed by atoms with Gasteiger partial charge in [0.25, 0.3) is 0 Å². The fourth-order valence-corrected chi connectivity index (χ4v) is 3.20. The molecule has 3 rings (SSSR count). The van der Waals surface area contributed by atoms with E-state index in [0.717, 1.165) is 30.9 Å². The van der Waals surface area contributed by atoms with E-state index in [1.54, 1.807) is 11.3 Å². The molecule has 118 valence electrons. The number of aromatic nitrogens is 2. The Bertz CT molecular complexity index is 590. The highest BCUT2D eigenvalue weighted by Crippen LogP contribution is 2.21. The summed E-state index contributed by atoms with van der Waals surface area (Å²) in [6.07, 6.45) is 3.12. The highest BCUT2D eigenvalue weighted by molar-refractivity contribution is 7.13. The normalized spacial score (nSPS) is 17.7. The van der Waals surface area contributed by atoms with Gasteiger partial charge >= 0.3 is 0 Å². The van der Waals surface area contributed by atoms with E-state index in [0.29, 0.717) is 30.5 Å². The molecule has 22 heavy (non-hydrogen) atoms. The van der Waals surface area contributed by atoms with Crippen molar-refractivity contribution in [3.63, 3.8) is 0 Å². The van der Waals surface area contributed by atoms with Gasteiger partial charge in [-0.3, -0.25) is 4.79 Å². The van der Waals surface area contributed by atoms with Crippen molar-refractivity contribution in [1.82, 2.24) is 20.8 Å². The summed E-state index contributed by atoms with van der Waals surface area (Å²) in [6.45, 7) is 2.92. The Labute approximate surface area is 133 Å². The molecular formula is C15H20N4O2S. The average molecular weight is 320 g/mol. The maximum atomic E-state index is 11.8. The number of thiophene rings is 1. The van der Waals surface area contributed by atoms with Crippen molar-refractivity contribution in [3.8, 4) is 10.7 Å². The molecule has 2 N–H and O–H groups in total. The number of hydrogen-bond donors (Lipinski definition) is 2. The van der Waals surface area contributed by atoms with E-state index in [2.05, 4.69) is 20.8 Å². The van der Waals surface area contributed by atoms with Gasteiger partial charge < -0.3 is 15.2 Å². The molecule has 2 aromatic heterocycles. The second-order valence-corrected chi connectivity index (χ2v) is 6.43. The maximum Gasteiger partial charge on any atom is 0.227 e. The third-order valence-electron chi connectivity index (χ3n) is 3.81. The molecule has 1 atom stereocenters. The van der Waals surface area contributed by atoms with Crippen LogP contribution in [-0.4, -0.2) is 35.7 Å². The molecule has 0 saturated carbocycles. The molecule has 0 aliphatic carbocycles. The molecule has 3 heterocycles. The van der Waals surface area contributed by atoms with Crippen LogP contribution in [0.2, 0.25) is 0 Å². The highest BCUT2D eigenvalue weighted by Gasteiger charge is 2.15. The Morgan fingerprint density at radius 3 is 3.27 bits per heavy atom. The molecule has 7 heteroatoms. The van der Waals surface area contributed by atoms with Crippen molar-refractivity contribution in [2.45, 2.75) is 25.7 Å². The summed E-state index contributed by atoms with van der Waals surface area (Å²) in [5.74, 6) is 1.85. The number of rotatable bonds is 7. The Hall–Kier alpha value is -1.73. The van der Waals surface area contributed by atoms with Crippen molar-refractivity contribution in [2.24, 2.45) is 5.92 Å². The molecule has 0 bridgehead atoms. The van der Waals surface area contributed by atoms with Crippen molar-refractivity contribution < 1.29 is 9.32 Å². The summed E-state index contributed by atoms with van der Waals surface area (Å²) in [4.78, 5) is 17.1. The highest BCUT2D eigenvalue weighted by atomic mass is 32.1. The summed E-state index contributed by atoms with van der Waals surface area (Å²) in [5, 5.41) is 12.2. The molecule has 0 radical (unpaired) electrons. The van der Waals surface area contributed by atoms with Crippen LogP contribution >= 0.6 is 11.3 Å². The molecular weight excluding hydrogens is 300 g/mol. The Balaban J connectivity index is 1.37. The lowest BCUT2D eigenvalue weighted by atomic mass is 10.1. The van der Waals surface area contributed by atoms with Crippen LogP contribution < -0.4 is 10.6 Å². The lowest BCUT2D eigenvalue weighted by molar-refractivity contribution is -0.121. The predicted octanol–water partition coefficient (Wildman–Crippen LogP) is 1.85. The van der Waals surface area contributed by atoms with Crippen molar-refractivity contribution in [3.05, 3.63) is 23.4 Å². The number of carbonyl (C=O) groups is 1. The van der Waals surface area contributed by atoms with Crippen molar-refractivity contribution in [2.75, 3.05) is 19.6 Å². The molecule has 0 aromatic carbocycles. The number of hydrogen-bond acceptors (Lipinski definition) is 6. The number of amides is 1. The SMILES string of the molecule is O=C(CCc1nc(-c2cccs2)no1)NCCC1CCNC1. The Kier molecular flexibility index (Phi) is 5.18. The van der Waals surface area contributed by atoms with Gasteiger partial charge in [0.1, 0.15) is 0 Å². The molecule has 6 nitrogen and oxygen atoms in total. The number of nitrogens with zero attached hydrogens (tertiary/aromatic N) is 2. The van der Waals surface area contributed by atoms with Gasteiger partial charge in [-0.25, -0.2) is 0 Å². The first-order chi connectivity index (χ1) is 10.8. The molecule has 1 aliphatic rings. The largest absolute Gasteiger partial charge is 0.356 e. The number of carbonyl (C=O) groups excluding carboxylic acids is 1. The summed E-state index contributed by atoms with van der Waals surface area (Å²) in [7, 11) is 0. The second-order valence-electron chi connectivity index (χ2n) is 5.49. The van der Waals surface area contributed by atoms with Crippen LogP contribution in [0.1, 0.15) is 25.2 Å². The van der Waals surface area contributed by atoms with Gasteiger partial charge in [-0.1, -0.05) is 11.2 Å². The first-order valence-electron chi connectivity index (χ1n) is 7.65. The summed E-state index contributed by atoms with van der Waals surface area (Å²) < 4.78 is 5.18. The van der Waals surface area contributed by atoms with Crippen molar-refractivity contribution in [1.29, 1.82) is 0 Å². The quantitative estimate of drug-likeness (QED) is 0.814. The third kappa shape index (κ3) is 4.14. The van der Waals surface area contributed by atoms with E-state index in [9.17, 15) is 4.79 Å². The molecule has 1 aliphatic heterocycles. The molecule has 1 amide bonds. The van der Waals surface area contributed by atoms with Crippen LogP contribution in [0, 0.1) is 5.92 Å². The third-order valence-corrected chi connectivity index (χ3v) is 4.68. The Morgan fingerprint density at radius 2 is 2.50 bits per heavy atom. The maximum absolute atomic E-state index is 11.8. The molecule has 1 unspecified atom stereocenters. The van der Waals surface area contributed by atoms with E-state index in [1.165, 1.54) is 6.42 Å². The average Bonchev–Trinajstić information content (AvgIpc) is 3.26. The van der Waals surface area contributed by atoms with Gasteiger partial charge in [0, 0.05) is 19.4 Å². The van der Waals surface area contributed by atoms with E-state index < -0.39 is 0 Å². The topological polar surface area (TPSA) is 80.0 Å². The monoisotopic (exact) mass is 320 g/mol. The predicted molar refractivity (Wildman–Crippen MR) is 84.5 cm³/mol. The van der Waals surface area contributed by atoms with Crippen LogP contribution in [0.4, 0.5) is 0 Å². The van der Waals surface area contributed by atoms with Crippen molar-refractivity contribution >= 4 is 17.2 Å². The lowest BCUT2D eigenvalue weighted by Crippen LogP contribution is -2.26. The Morgan fingerprint density at radius 1 is 1.55 bits per heavy atom. The fraction of sp³-hybridized carbons (Fsp3) is 0.533. The van der Waals surface area contributed by atoms with E-state index >= 15 is 0 Å². The summed E-state index contributed by atoms with van der Waals surface area (Å²) in [6, 6.07) is 3.90. The van der Waals surface area contributed by atoms with Gasteiger partial charge in [0.15, 0.2) is 0 Å². The van der Waals surface area contributed by atoms with Crippen LogP contribution in [-0.2, 0) is 11.2 Å². The molecule has 0 spiro atoms. The van der Waals surface area contributed by atoms with E-state index in [-0.39, 0.29) is 5.91 Å². The zero-order valence-corrected chi connectivity index (χ0v) is 13.2. The number of aryl methyl sites for hydroxylation is 1. The first-order valence-corrected chi connectivity index (χ1v) is 8.53. The zero-order chi connectivity index (χ0) is 15.2. The minimum Gasteiger partial charge on any atom is -0.356 e. The lowest BCUT2D eigenvalue weighted by Gasteiger charge is -2.08. The van der Waals surface area contributed by atoms with Gasteiger partial charge in [0.2, 0.25) is 17.6 Å². The van der Waals surface area contributed by atoms with Crippen LogP contribution in [0.15, 0.2) is 22.0 Å². The standard InChI is InChI=1S/C15H20N4O2S/c20-13(17-8-6-11-5-7-16-10-11)3-4-14-18-15(19-21-14)12-2-1-9-22-12/h1-2,9,11,16H,3-8,10H2,(H,17,20). The molecule has 2 aromatic rings. The minimum absolute atomic E-state index is 0.0434. The smallest absolute Gasteiger partial charge is 0.227 e. The molecule has 1 saturated heterocycles. The van der Waals surface area contributed by atoms with Gasteiger partial charge in [-0.15, -0.1) is 11.3 Å². The van der Waals surface area contributed by atoms with Crippen LogP contribution in [0.5, 0.6) is 0 Å². The minimum atomic E-state index is 0.0434. The number of nitrogens with one attached hydrogen (secondary N) is 2. The van der Waals surface area contributed by atoms with Crippen LogP contribution in [0.3, 0.4) is 0 Å². The van der Waals surface area contributed by atoms with E-state index in [1.807, 2.05) is 17.5 Å². The van der Waals surface area contributed by atoms with Gasteiger partial charge in [-0.2, -0.15) is 4.98 Å². The molecule has 1 fully saturated rings. The van der Waals surface area contributed by atoms with Gasteiger partial charge in [0.05, 0.1) is 4.88 Å². The fourth-order valence-electron chi connectivity index (χ4n) is 2.55. The summed E-state index contributed by atoms with van der Waals surface area (Å²) in [5.41, 5.74) is 0. The van der Waals surface area contributed by atoms with E-state index in [4.69, 9.17) is 4.52 Å². The first kappa shape index (κ1) is 15.2. The van der Waals surface area contributed by atoms with Gasteiger partial charge in [-0.05, 0) is 43.3 Å². The second kappa shape index (κ2) is 7.51. The zero-order valence-electron chi connectivity index (χ0n) is 12.4. The van der Waals surface area contributed by atoms with Crippen LogP contribution in [0.25, 0.3) is 10.7 Å². The summed E-state index contributed by atoms with van der Waals surface area (Å²) >= 11 is 1.57.